The van der Waals surface area contributed by atoms with Gasteiger partial charge in [-0.3, -0.25) is 0 Å². The molecule has 2 nitrogen and oxygen atoms in total. The molecule has 76 valence electrons. The van der Waals surface area contributed by atoms with Crippen LogP contribution < -0.4 is 10.5 Å². The summed E-state index contributed by atoms with van der Waals surface area (Å²) in [7, 11) is 1.40. The van der Waals surface area contributed by atoms with Crippen LogP contribution in [-0.4, -0.2) is 13.7 Å². The summed E-state index contributed by atoms with van der Waals surface area (Å²) in [5, 5.41) is 0.438. The monoisotopic (exact) mass is 215 g/mol. The fourth-order valence-corrected chi connectivity index (χ4v) is 1.31. The summed E-state index contributed by atoms with van der Waals surface area (Å²) in [4.78, 5) is 0. The summed E-state index contributed by atoms with van der Waals surface area (Å²) in [5.41, 5.74) is 5.81. The van der Waals surface area contributed by atoms with Crippen molar-refractivity contribution in [3.8, 4) is 5.75 Å². The van der Waals surface area contributed by atoms with Gasteiger partial charge in [0.1, 0.15) is 0 Å². The van der Waals surface area contributed by atoms with E-state index in [0.29, 0.717) is 17.1 Å². The first kappa shape index (κ1) is 11.0. The Hall–Kier alpha value is -1.06. The zero-order valence-corrected chi connectivity index (χ0v) is 8.51. The molecule has 0 aromatic heterocycles. The molecule has 2 N–H and O–H groups in total. The van der Waals surface area contributed by atoms with E-state index in [9.17, 15) is 4.39 Å². The molecule has 0 saturated carbocycles. The van der Waals surface area contributed by atoms with Crippen LogP contribution in [0.25, 0.3) is 6.08 Å². The Morgan fingerprint density at radius 3 is 2.86 bits per heavy atom. The molecule has 0 fully saturated rings. The molecule has 0 atom stereocenters. The Kier molecular flexibility index (Phi) is 3.92. The van der Waals surface area contributed by atoms with Gasteiger partial charge in [0.05, 0.1) is 12.1 Å². The molecule has 0 spiro atoms. The van der Waals surface area contributed by atoms with E-state index in [2.05, 4.69) is 0 Å². The second-order valence-corrected chi connectivity index (χ2v) is 3.02. The number of nitrogens with two attached hydrogens (primary N) is 1. The number of hydrogen-bond donors (Lipinski definition) is 1. The Bertz CT molecular complexity index is 352. The van der Waals surface area contributed by atoms with Crippen LogP contribution in [-0.2, 0) is 0 Å². The molecule has 0 radical (unpaired) electrons. The molecule has 1 aromatic rings. The van der Waals surface area contributed by atoms with Gasteiger partial charge in [-0.1, -0.05) is 23.8 Å². The van der Waals surface area contributed by atoms with Crippen molar-refractivity contribution in [3.63, 3.8) is 0 Å². The van der Waals surface area contributed by atoms with Crippen LogP contribution in [0.3, 0.4) is 0 Å². The highest BCUT2D eigenvalue weighted by atomic mass is 35.5. The minimum atomic E-state index is -0.437. The van der Waals surface area contributed by atoms with Gasteiger partial charge in [0.15, 0.2) is 11.6 Å². The molecule has 0 aliphatic carbocycles. The Balaban J connectivity index is 3.22. The highest BCUT2D eigenvalue weighted by molar-refractivity contribution is 6.32. The van der Waals surface area contributed by atoms with E-state index in [1.54, 1.807) is 12.2 Å². The predicted octanol–water partition coefficient (Wildman–Crippen LogP) is 2.46. The average molecular weight is 216 g/mol. The third-order valence-electron chi connectivity index (χ3n) is 1.72. The van der Waals surface area contributed by atoms with Gasteiger partial charge in [-0.25, -0.2) is 4.39 Å². The lowest BCUT2D eigenvalue weighted by molar-refractivity contribution is 0.385. The van der Waals surface area contributed by atoms with E-state index >= 15 is 0 Å². The molecular weight excluding hydrogens is 205 g/mol. The molecule has 0 bridgehead atoms. The van der Waals surface area contributed by atoms with Gasteiger partial charge in [0.25, 0.3) is 0 Å². The van der Waals surface area contributed by atoms with Crippen LogP contribution in [0.4, 0.5) is 4.39 Å². The lowest BCUT2D eigenvalue weighted by Crippen LogP contribution is -1.95. The number of rotatable bonds is 3. The Morgan fingerprint density at radius 2 is 2.29 bits per heavy atom. The molecule has 14 heavy (non-hydrogen) atoms. The van der Waals surface area contributed by atoms with Crippen LogP contribution in [0.15, 0.2) is 18.2 Å². The second-order valence-electron chi connectivity index (χ2n) is 2.61. The van der Waals surface area contributed by atoms with Crippen molar-refractivity contribution in [2.45, 2.75) is 0 Å². The maximum atomic E-state index is 13.2. The van der Waals surface area contributed by atoms with Crippen molar-refractivity contribution in [2.24, 2.45) is 5.73 Å². The normalized spacial score (nSPS) is 10.9. The number of ether oxygens (including phenoxy) is 1. The SMILES string of the molecule is COc1c(F)ccc(Cl)c1/C=C/CN. The first-order chi connectivity index (χ1) is 6.70. The molecule has 0 unspecified atom stereocenters. The average Bonchev–Trinajstić information content (AvgIpc) is 2.19. The lowest BCUT2D eigenvalue weighted by atomic mass is 10.1. The van der Waals surface area contributed by atoms with E-state index in [0.717, 1.165) is 0 Å². The number of hydrogen-bond acceptors (Lipinski definition) is 2. The summed E-state index contributed by atoms with van der Waals surface area (Å²) in [6, 6.07) is 2.75. The van der Waals surface area contributed by atoms with Crippen molar-refractivity contribution < 1.29 is 9.13 Å². The first-order valence-corrected chi connectivity index (χ1v) is 4.47. The predicted molar refractivity (Wildman–Crippen MR) is 56.1 cm³/mol. The molecule has 0 aliphatic rings. The summed E-state index contributed by atoms with van der Waals surface area (Å²) in [6.45, 7) is 0.371. The van der Waals surface area contributed by atoms with Gasteiger partial charge in [0, 0.05) is 12.1 Å². The molecule has 0 saturated heterocycles. The maximum absolute atomic E-state index is 13.2. The molecule has 0 amide bonds. The van der Waals surface area contributed by atoms with E-state index in [-0.39, 0.29) is 5.75 Å². The fraction of sp³-hybridized carbons (Fsp3) is 0.200. The molecule has 1 aromatic carbocycles. The Labute approximate surface area is 87.1 Å². The number of benzene rings is 1. The largest absolute Gasteiger partial charge is 0.493 e. The molecular formula is C10H11ClFNO. The van der Waals surface area contributed by atoms with Gasteiger partial charge in [-0.15, -0.1) is 0 Å². The molecule has 0 heterocycles. The number of methoxy groups -OCH3 is 1. The van der Waals surface area contributed by atoms with Gasteiger partial charge in [-0.05, 0) is 12.1 Å². The minimum absolute atomic E-state index is 0.141. The van der Waals surface area contributed by atoms with Crippen LogP contribution in [0.2, 0.25) is 5.02 Å². The van der Waals surface area contributed by atoms with Gasteiger partial charge in [-0.2, -0.15) is 0 Å². The van der Waals surface area contributed by atoms with E-state index in [1.165, 1.54) is 19.2 Å². The summed E-state index contributed by atoms with van der Waals surface area (Å²) in [5.74, 6) is -0.296. The molecule has 0 aliphatic heterocycles. The zero-order chi connectivity index (χ0) is 10.6. The highest BCUT2D eigenvalue weighted by Gasteiger charge is 2.10. The third-order valence-corrected chi connectivity index (χ3v) is 2.05. The van der Waals surface area contributed by atoms with Crippen LogP contribution >= 0.6 is 11.6 Å². The maximum Gasteiger partial charge on any atom is 0.165 e. The second kappa shape index (κ2) is 4.98. The topological polar surface area (TPSA) is 35.2 Å². The van der Waals surface area contributed by atoms with Crippen molar-refractivity contribution >= 4 is 17.7 Å². The van der Waals surface area contributed by atoms with Gasteiger partial charge >= 0.3 is 0 Å². The number of halogens is 2. The molecule has 4 heteroatoms. The third kappa shape index (κ3) is 2.25. The molecule has 1 rings (SSSR count). The highest BCUT2D eigenvalue weighted by Crippen LogP contribution is 2.30. The van der Waals surface area contributed by atoms with Crippen molar-refractivity contribution in [1.29, 1.82) is 0 Å². The first-order valence-electron chi connectivity index (χ1n) is 4.09. The summed E-state index contributed by atoms with van der Waals surface area (Å²) in [6.07, 6.45) is 3.33. The van der Waals surface area contributed by atoms with Crippen LogP contribution in [0, 0.1) is 5.82 Å². The summed E-state index contributed by atoms with van der Waals surface area (Å²) < 4.78 is 18.1. The Morgan fingerprint density at radius 1 is 1.57 bits per heavy atom. The lowest BCUT2D eigenvalue weighted by Gasteiger charge is -2.07. The van der Waals surface area contributed by atoms with Gasteiger partial charge < -0.3 is 10.5 Å². The van der Waals surface area contributed by atoms with Crippen molar-refractivity contribution in [1.82, 2.24) is 0 Å². The smallest absolute Gasteiger partial charge is 0.165 e. The summed E-state index contributed by atoms with van der Waals surface area (Å²) >= 11 is 5.88. The quantitative estimate of drug-likeness (QED) is 0.841. The van der Waals surface area contributed by atoms with E-state index < -0.39 is 5.82 Å². The zero-order valence-electron chi connectivity index (χ0n) is 7.76. The standard InChI is InChI=1S/C10H11ClFNO/c1-14-10-7(3-2-6-13)8(11)4-5-9(10)12/h2-5H,6,13H2,1H3/b3-2+. The van der Waals surface area contributed by atoms with Crippen molar-refractivity contribution in [2.75, 3.05) is 13.7 Å². The minimum Gasteiger partial charge on any atom is -0.493 e. The van der Waals surface area contributed by atoms with Crippen LogP contribution in [0.5, 0.6) is 5.75 Å². The van der Waals surface area contributed by atoms with E-state index in [1.807, 2.05) is 0 Å². The van der Waals surface area contributed by atoms with Crippen molar-refractivity contribution in [3.05, 3.63) is 34.6 Å². The van der Waals surface area contributed by atoms with E-state index in [4.69, 9.17) is 22.1 Å². The fourth-order valence-electron chi connectivity index (χ4n) is 1.10. The van der Waals surface area contributed by atoms with Gasteiger partial charge in [0.2, 0.25) is 0 Å². The van der Waals surface area contributed by atoms with Crippen LogP contribution in [0.1, 0.15) is 5.56 Å².